The standard InChI is InChI=1S/C28H36N2O4/c1-2-7-20-11-13-21(14-12-20)15-16-22(26(29)31)18-23(28(33)34)8-5-6-17-30-19-24-9-3-4-10-25(24)27(30)32/h3-4,9-14,22-23H,2,5-8,15-19H2,1H3,(H2,29,31)(H,33,34). The number of hydrogen-bond acceptors (Lipinski definition) is 3. The Morgan fingerprint density at radius 1 is 0.971 bits per heavy atom. The van der Waals surface area contributed by atoms with Crippen molar-refractivity contribution in [3.8, 4) is 0 Å². The van der Waals surface area contributed by atoms with E-state index in [1.54, 1.807) is 0 Å². The Labute approximate surface area is 202 Å². The highest BCUT2D eigenvalue weighted by Crippen LogP contribution is 2.25. The van der Waals surface area contributed by atoms with Crippen LogP contribution < -0.4 is 5.73 Å². The summed E-state index contributed by atoms with van der Waals surface area (Å²) in [5, 5.41) is 9.72. The van der Waals surface area contributed by atoms with E-state index < -0.39 is 23.7 Å². The van der Waals surface area contributed by atoms with E-state index in [0.717, 1.165) is 36.0 Å². The predicted octanol–water partition coefficient (Wildman–Crippen LogP) is 4.59. The average molecular weight is 465 g/mol. The molecule has 1 aliphatic rings. The number of carbonyl (C=O) groups excluding carboxylic acids is 2. The van der Waals surface area contributed by atoms with Gasteiger partial charge in [-0.05, 0) is 61.3 Å². The molecule has 0 aromatic heterocycles. The fraction of sp³-hybridized carbons (Fsp3) is 0.464. The number of primary amides is 1. The van der Waals surface area contributed by atoms with Gasteiger partial charge in [0.15, 0.2) is 0 Å². The minimum atomic E-state index is -0.889. The first kappa shape index (κ1) is 25.5. The molecule has 2 amide bonds. The van der Waals surface area contributed by atoms with E-state index in [2.05, 4.69) is 31.2 Å². The van der Waals surface area contributed by atoms with E-state index in [1.165, 1.54) is 5.56 Å². The second kappa shape index (κ2) is 12.4. The van der Waals surface area contributed by atoms with Crippen LogP contribution in [0.1, 0.15) is 72.5 Å². The lowest BCUT2D eigenvalue weighted by Crippen LogP contribution is -2.29. The third-order valence-electron chi connectivity index (χ3n) is 6.79. The number of benzene rings is 2. The van der Waals surface area contributed by atoms with Gasteiger partial charge in [0.2, 0.25) is 5.91 Å². The first-order valence-corrected chi connectivity index (χ1v) is 12.4. The molecule has 0 saturated carbocycles. The number of carboxylic acids is 1. The largest absolute Gasteiger partial charge is 0.481 e. The molecule has 1 aliphatic heterocycles. The molecule has 3 rings (SSSR count). The van der Waals surface area contributed by atoms with Crippen LogP contribution in [0.25, 0.3) is 0 Å². The number of nitrogens with zero attached hydrogens (tertiary/aromatic N) is 1. The zero-order valence-corrected chi connectivity index (χ0v) is 20.0. The number of unbranched alkanes of at least 4 members (excludes halogenated alkanes) is 1. The van der Waals surface area contributed by atoms with Gasteiger partial charge in [-0.15, -0.1) is 0 Å². The van der Waals surface area contributed by atoms with Crippen molar-refractivity contribution in [2.45, 2.75) is 64.8 Å². The third-order valence-corrected chi connectivity index (χ3v) is 6.79. The van der Waals surface area contributed by atoms with E-state index in [1.807, 2.05) is 29.2 Å². The minimum Gasteiger partial charge on any atom is -0.481 e. The van der Waals surface area contributed by atoms with E-state index in [9.17, 15) is 19.5 Å². The van der Waals surface area contributed by atoms with Gasteiger partial charge in [0.25, 0.3) is 5.91 Å². The van der Waals surface area contributed by atoms with Gasteiger partial charge < -0.3 is 15.7 Å². The van der Waals surface area contributed by atoms with Gasteiger partial charge in [-0.25, -0.2) is 0 Å². The topological polar surface area (TPSA) is 101 Å². The molecule has 0 bridgehead atoms. The Morgan fingerprint density at radius 3 is 2.26 bits per heavy atom. The number of nitrogens with two attached hydrogens (primary N) is 1. The Bertz CT molecular complexity index is 986. The van der Waals surface area contributed by atoms with Crippen molar-refractivity contribution in [1.82, 2.24) is 4.90 Å². The number of aliphatic carboxylic acids is 1. The number of aryl methyl sites for hydroxylation is 2. The normalized spacial score (nSPS) is 14.6. The number of hydrogen-bond donors (Lipinski definition) is 2. The molecule has 34 heavy (non-hydrogen) atoms. The number of rotatable bonds is 14. The van der Waals surface area contributed by atoms with Crippen molar-refractivity contribution in [2.24, 2.45) is 17.6 Å². The molecular weight excluding hydrogens is 428 g/mol. The van der Waals surface area contributed by atoms with Crippen LogP contribution in [0.2, 0.25) is 0 Å². The first-order chi connectivity index (χ1) is 16.4. The second-order valence-corrected chi connectivity index (χ2v) is 9.35. The highest BCUT2D eigenvalue weighted by molar-refractivity contribution is 5.98. The molecule has 2 unspecified atom stereocenters. The summed E-state index contributed by atoms with van der Waals surface area (Å²) in [6.45, 7) is 3.36. The highest BCUT2D eigenvalue weighted by Gasteiger charge is 2.28. The van der Waals surface area contributed by atoms with E-state index in [4.69, 9.17) is 5.73 Å². The summed E-state index contributed by atoms with van der Waals surface area (Å²) in [6.07, 6.45) is 5.53. The molecule has 0 radical (unpaired) electrons. The van der Waals surface area contributed by atoms with Crippen LogP contribution >= 0.6 is 0 Å². The monoisotopic (exact) mass is 464 g/mol. The van der Waals surface area contributed by atoms with Gasteiger partial charge in [-0.2, -0.15) is 0 Å². The van der Waals surface area contributed by atoms with E-state index in [-0.39, 0.29) is 12.3 Å². The van der Waals surface area contributed by atoms with Crippen molar-refractivity contribution in [1.29, 1.82) is 0 Å². The van der Waals surface area contributed by atoms with E-state index in [0.29, 0.717) is 38.8 Å². The molecule has 1 heterocycles. The lowest BCUT2D eigenvalue weighted by Gasteiger charge is -2.20. The van der Waals surface area contributed by atoms with Crippen molar-refractivity contribution < 1.29 is 19.5 Å². The van der Waals surface area contributed by atoms with Crippen molar-refractivity contribution in [3.05, 3.63) is 70.8 Å². The number of amides is 2. The average Bonchev–Trinajstić information content (AvgIpc) is 3.14. The molecule has 0 saturated heterocycles. The second-order valence-electron chi connectivity index (χ2n) is 9.35. The quantitative estimate of drug-likeness (QED) is 0.399. The van der Waals surface area contributed by atoms with E-state index >= 15 is 0 Å². The lowest BCUT2D eigenvalue weighted by atomic mass is 9.86. The van der Waals surface area contributed by atoms with Crippen LogP contribution in [0.15, 0.2) is 48.5 Å². The molecule has 2 atom stereocenters. The molecular formula is C28H36N2O4. The Balaban J connectivity index is 1.46. The molecule has 2 aromatic carbocycles. The van der Waals surface area contributed by atoms with Gasteiger partial charge in [0, 0.05) is 24.6 Å². The van der Waals surface area contributed by atoms with Gasteiger partial charge in [-0.1, -0.05) is 62.2 Å². The van der Waals surface area contributed by atoms with Crippen molar-refractivity contribution >= 4 is 17.8 Å². The predicted molar refractivity (Wildman–Crippen MR) is 132 cm³/mol. The Kier molecular flexibility index (Phi) is 9.25. The smallest absolute Gasteiger partial charge is 0.306 e. The molecule has 6 heteroatoms. The van der Waals surface area contributed by atoms with Crippen molar-refractivity contribution in [2.75, 3.05) is 6.54 Å². The molecule has 2 aromatic rings. The minimum absolute atomic E-state index is 0.0434. The maximum Gasteiger partial charge on any atom is 0.306 e. The summed E-state index contributed by atoms with van der Waals surface area (Å²) in [7, 11) is 0. The molecule has 3 N–H and O–H groups in total. The maximum atomic E-state index is 12.5. The number of carboxylic acid groups (broad SMARTS) is 1. The van der Waals surface area contributed by atoms with Crippen LogP contribution in [0.3, 0.4) is 0 Å². The summed E-state index contributed by atoms with van der Waals surface area (Å²) in [5.74, 6) is -2.36. The van der Waals surface area contributed by atoms with Crippen LogP contribution in [-0.4, -0.2) is 34.3 Å². The van der Waals surface area contributed by atoms with Crippen LogP contribution in [0, 0.1) is 11.8 Å². The van der Waals surface area contributed by atoms with Crippen molar-refractivity contribution in [3.63, 3.8) is 0 Å². The van der Waals surface area contributed by atoms with Gasteiger partial charge in [0.05, 0.1) is 5.92 Å². The maximum absolute atomic E-state index is 12.5. The number of fused-ring (bicyclic) bond motifs is 1. The fourth-order valence-electron chi connectivity index (χ4n) is 4.75. The molecule has 0 spiro atoms. The highest BCUT2D eigenvalue weighted by atomic mass is 16.4. The van der Waals surface area contributed by atoms with Gasteiger partial charge in [-0.3, -0.25) is 14.4 Å². The molecule has 182 valence electrons. The molecule has 6 nitrogen and oxygen atoms in total. The summed E-state index contributed by atoms with van der Waals surface area (Å²) in [5.41, 5.74) is 9.86. The summed E-state index contributed by atoms with van der Waals surface area (Å²) in [4.78, 5) is 38.2. The molecule has 0 fully saturated rings. The number of carbonyl (C=O) groups is 3. The van der Waals surface area contributed by atoms with Crippen LogP contribution in [0.5, 0.6) is 0 Å². The van der Waals surface area contributed by atoms with Gasteiger partial charge in [0.1, 0.15) is 0 Å². The SMILES string of the molecule is CCCc1ccc(CCC(CC(CCCCN2Cc3ccccc3C2=O)C(=O)O)C(N)=O)cc1. The Hall–Kier alpha value is -3.15. The summed E-state index contributed by atoms with van der Waals surface area (Å²) >= 11 is 0. The fourth-order valence-corrected chi connectivity index (χ4v) is 4.75. The summed E-state index contributed by atoms with van der Waals surface area (Å²) < 4.78 is 0. The lowest BCUT2D eigenvalue weighted by molar-refractivity contribution is -0.143. The molecule has 0 aliphatic carbocycles. The third kappa shape index (κ3) is 6.92. The zero-order valence-electron chi connectivity index (χ0n) is 20.0. The van der Waals surface area contributed by atoms with Crippen LogP contribution in [0.4, 0.5) is 0 Å². The summed E-state index contributed by atoms with van der Waals surface area (Å²) in [6, 6.07) is 16.0. The zero-order chi connectivity index (χ0) is 24.5. The van der Waals surface area contributed by atoms with Crippen LogP contribution in [-0.2, 0) is 29.0 Å². The Morgan fingerprint density at radius 2 is 1.65 bits per heavy atom. The first-order valence-electron chi connectivity index (χ1n) is 12.4. The van der Waals surface area contributed by atoms with Gasteiger partial charge >= 0.3 is 5.97 Å².